The monoisotopic (exact) mass is 351 g/mol. The summed E-state index contributed by atoms with van der Waals surface area (Å²) in [4.78, 5) is 16.7. The van der Waals surface area contributed by atoms with Gasteiger partial charge in [-0.1, -0.05) is 18.2 Å². The van der Waals surface area contributed by atoms with Gasteiger partial charge in [0.05, 0.1) is 13.5 Å². The fraction of sp³-hybridized carbons (Fsp3) is 0.316. The molecule has 3 aromatic rings. The van der Waals surface area contributed by atoms with Crippen LogP contribution in [0.5, 0.6) is 5.75 Å². The third kappa shape index (κ3) is 3.20. The topological polar surface area (TPSA) is 63.0 Å². The Hall–Kier alpha value is -3.09. The number of methoxy groups -OCH3 is 1. The molecular weight excluding hydrogens is 330 g/mol. The minimum Gasteiger partial charge on any atom is -0.497 e. The zero-order valence-corrected chi connectivity index (χ0v) is 14.7. The van der Waals surface area contributed by atoms with Crippen LogP contribution in [0.1, 0.15) is 5.56 Å². The fourth-order valence-corrected chi connectivity index (χ4v) is 3.23. The maximum absolute atomic E-state index is 12.6. The van der Waals surface area contributed by atoms with Crippen LogP contribution in [-0.2, 0) is 11.2 Å². The van der Waals surface area contributed by atoms with Crippen molar-refractivity contribution in [3.63, 3.8) is 0 Å². The van der Waals surface area contributed by atoms with Gasteiger partial charge in [-0.3, -0.25) is 9.20 Å². The van der Waals surface area contributed by atoms with Crippen LogP contribution in [-0.4, -0.2) is 58.7 Å². The van der Waals surface area contributed by atoms with Gasteiger partial charge in [-0.05, 0) is 29.8 Å². The van der Waals surface area contributed by atoms with Gasteiger partial charge < -0.3 is 14.5 Å². The molecule has 1 aromatic carbocycles. The van der Waals surface area contributed by atoms with E-state index in [2.05, 4.69) is 15.1 Å². The van der Waals surface area contributed by atoms with Crippen LogP contribution >= 0.6 is 0 Å². The Morgan fingerprint density at radius 1 is 1.04 bits per heavy atom. The lowest BCUT2D eigenvalue weighted by atomic mass is 10.1. The number of anilines is 1. The summed E-state index contributed by atoms with van der Waals surface area (Å²) >= 11 is 0. The molecule has 0 N–H and O–H groups in total. The van der Waals surface area contributed by atoms with Crippen molar-refractivity contribution in [2.75, 3.05) is 38.2 Å². The number of rotatable bonds is 4. The number of ether oxygens (including phenoxy) is 1. The van der Waals surface area contributed by atoms with E-state index in [0.717, 1.165) is 36.0 Å². The van der Waals surface area contributed by atoms with Crippen LogP contribution < -0.4 is 9.64 Å². The summed E-state index contributed by atoms with van der Waals surface area (Å²) < 4.78 is 7.14. The number of amides is 1. The van der Waals surface area contributed by atoms with Gasteiger partial charge in [0, 0.05) is 32.4 Å². The van der Waals surface area contributed by atoms with Gasteiger partial charge >= 0.3 is 0 Å². The van der Waals surface area contributed by atoms with Gasteiger partial charge in [0.1, 0.15) is 5.75 Å². The van der Waals surface area contributed by atoms with E-state index in [0.29, 0.717) is 19.5 Å². The molecule has 3 heterocycles. The number of hydrogen-bond donors (Lipinski definition) is 0. The van der Waals surface area contributed by atoms with E-state index in [1.54, 1.807) is 7.11 Å². The molecule has 26 heavy (non-hydrogen) atoms. The first-order valence-electron chi connectivity index (χ1n) is 8.70. The molecule has 0 spiro atoms. The van der Waals surface area contributed by atoms with E-state index in [4.69, 9.17) is 4.74 Å². The molecule has 0 aliphatic carbocycles. The lowest BCUT2D eigenvalue weighted by molar-refractivity contribution is -0.130. The first-order valence-corrected chi connectivity index (χ1v) is 8.70. The molecule has 1 saturated heterocycles. The third-order valence-electron chi connectivity index (χ3n) is 4.73. The lowest BCUT2D eigenvalue weighted by Gasteiger charge is -2.34. The number of carbonyl (C=O) groups excluding carboxylic acids is 1. The molecular formula is C19H21N5O2. The molecule has 134 valence electrons. The van der Waals surface area contributed by atoms with Crippen molar-refractivity contribution in [3.8, 4) is 5.75 Å². The Kier molecular flexibility index (Phi) is 4.43. The smallest absolute Gasteiger partial charge is 0.231 e. The largest absolute Gasteiger partial charge is 0.497 e. The van der Waals surface area contributed by atoms with Crippen molar-refractivity contribution in [2.24, 2.45) is 0 Å². The quantitative estimate of drug-likeness (QED) is 0.715. The molecule has 0 unspecified atom stereocenters. The molecule has 1 amide bonds. The molecule has 2 aromatic heterocycles. The predicted octanol–water partition coefficient (Wildman–Crippen LogP) is 1.63. The van der Waals surface area contributed by atoms with E-state index in [1.165, 1.54) is 0 Å². The van der Waals surface area contributed by atoms with Gasteiger partial charge in [-0.2, -0.15) is 0 Å². The Labute approximate surface area is 151 Å². The molecule has 0 radical (unpaired) electrons. The summed E-state index contributed by atoms with van der Waals surface area (Å²) in [5, 5.41) is 8.49. The molecule has 1 aliphatic heterocycles. The Morgan fingerprint density at radius 2 is 1.81 bits per heavy atom. The molecule has 7 heteroatoms. The van der Waals surface area contributed by atoms with Crippen LogP contribution in [0, 0.1) is 0 Å². The number of nitrogens with zero attached hydrogens (tertiary/aromatic N) is 5. The fourth-order valence-electron chi connectivity index (χ4n) is 3.23. The minimum atomic E-state index is 0.154. The van der Waals surface area contributed by atoms with Crippen LogP contribution in [0.3, 0.4) is 0 Å². The second-order valence-electron chi connectivity index (χ2n) is 6.32. The van der Waals surface area contributed by atoms with Crippen molar-refractivity contribution >= 4 is 17.5 Å². The second-order valence-corrected chi connectivity index (χ2v) is 6.32. The van der Waals surface area contributed by atoms with Gasteiger partial charge in [-0.25, -0.2) is 0 Å². The number of carbonyl (C=O) groups is 1. The molecule has 0 atom stereocenters. The van der Waals surface area contributed by atoms with Gasteiger partial charge in [0.15, 0.2) is 5.65 Å². The Balaban J connectivity index is 1.37. The number of piperazine rings is 1. The summed E-state index contributed by atoms with van der Waals surface area (Å²) in [7, 11) is 1.64. The van der Waals surface area contributed by atoms with Crippen molar-refractivity contribution in [1.29, 1.82) is 0 Å². The van der Waals surface area contributed by atoms with Gasteiger partial charge in [0.2, 0.25) is 11.9 Å². The highest BCUT2D eigenvalue weighted by Crippen LogP contribution is 2.17. The van der Waals surface area contributed by atoms with E-state index in [-0.39, 0.29) is 5.91 Å². The number of fused-ring (bicyclic) bond motifs is 1. The highest BCUT2D eigenvalue weighted by molar-refractivity contribution is 5.79. The maximum Gasteiger partial charge on any atom is 0.231 e. The summed E-state index contributed by atoms with van der Waals surface area (Å²) in [6, 6.07) is 13.5. The molecule has 0 bridgehead atoms. The predicted molar refractivity (Wildman–Crippen MR) is 98.5 cm³/mol. The number of pyridine rings is 1. The van der Waals surface area contributed by atoms with E-state index in [1.807, 2.05) is 58.0 Å². The first kappa shape index (κ1) is 16.4. The molecule has 1 fully saturated rings. The van der Waals surface area contributed by atoms with Gasteiger partial charge in [-0.15, -0.1) is 10.2 Å². The number of benzene rings is 1. The third-order valence-corrected chi connectivity index (χ3v) is 4.73. The second kappa shape index (κ2) is 7.03. The average molecular weight is 351 g/mol. The van der Waals surface area contributed by atoms with Crippen molar-refractivity contribution in [2.45, 2.75) is 6.42 Å². The summed E-state index contributed by atoms with van der Waals surface area (Å²) in [5.74, 6) is 1.79. The highest BCUT2D eigenvalue weighted by Gasteiger charge is 2.23. The van der Waals surface area contributed by atoms with E-state index >= 15 is 0 Å². The van der Waals surface area contributed by atoms with Crippen molar-refractivity contribution < 1.29 is 9.53 Å². The average Bonchev–Trinajstić information content (AvgIpc) is 3.13. The molecule has 4 rings (SSSR count). The summed E-state index contributed by atoms with van der Waals surface area (Å²) in [6.07, 6.45) is 2.38. The first-order chi connectivity index (χ1) is 12.7. The van der Waals surface area contributed by atoms with Crippen LogP contribution in [0.15, 0.2) is 48.7 Å². The lowest BCUT2D eigenvalue weighted by Crippen LogP contribution is -2.49. The zero-order chi connectivity index (χ0) is 17.9. The van der Waals surface area contributed by atoms with E-state index < -0.39 is 0 Å². The van der Waals surface area contributed by atoms with Crippen molar-refractivity contribution in [3.05, 3.63) is 54.2 Å². The zero-order valence-electron chi connectivity index (χ0n) is 14.7. The normalized spacial score (nSPS) is 14.7. The molecule has 7 nitrogen and oxygen atoms in total. The van der Waals surface area contributed by atoms with Crippen molar-refractivity contribution in [1.82, 2.24) is 19.5 Å². The highest BCUT2D eigenvalue weighted by atomic mass is 16.5. The number of aromatic nitrogens is 3. The number of hydrogen-bond acceptors (Lipinski definition) is 5. The Bertz CT molecular complexity index is 898. The minimum absolute atomic E-state index is 0.154. The standard InChI is InChI=1S/C19H21N5O2/c1-26-16-7-5-15(6-8-16)14-18(25)22-10-12-23(13-11-22)19-21-20-17-4-2-3-9-24(17)19/h2-9H,10-14H2,1H3. The summed E-state index contributed by atoms with van der Waals surface area (Å²) in [5.41, 5.74) is 1.84. The molecule has 1 aliphatic rings. The summed E-state index contributed by atoms with van der Waals surface area (Å²) in [6.45, 7) is 2.89. The molecule has 0 saturated carbocycles. The van der Waals surface area contributed by atoms with E-state index in [9.17, 15) is 4.79 Å². The van der Waals surface area contributed by atoms with Crippen LogP contribution in [0.2, 0.25) is 0 Å². The Morgan fingerprint density at radius 3 is 2.54 bits per heavy atom. The van der Waals surface area contributed by atoms with Crippen LogP contribution in [0.4, 0.5) is 5.95 Å². The SMILES string of the molecule is COc1ccc(CC(=O)N2CCN(c3nnc4ccccn34)CC2)cc1. The van der Waals surface area contributed by atoms with Crippen LogP contribution in [0.25, 0.3) is 5.65 Å². The maximum atomic E-state index is 12.6. The van der Waals surface area contributed by atoms with Gasteiger partial charge in [0.25, 0.3) is 0 Å².